The Morgan fingerprint density at radius 1 is 0.515 bits per heavy atom. The van der Waals surface area contributed by atoms with Crippen molar-refractivity contribution < 1.29 is 79.8 Å². The number of nitrogens with zero attached hydrogens (tertiary/aromatic N) is 6. The number of rotatable bonds is 32. The van der Waals surface area contributed by atoms with E-state index in [0.29, 0.717) is 111 Å². The Morgan fingerprint density at radius 3 is 1.28 bits per heavy atom. The molecular formula is C98H114N10O17S5. The summed E-state index contributed by atoms with van der Waals surface area (Å²) >= 11 is 10.8. The molecule has 2 unspecified atom stereocenters. The van der Waals surface area contributed by atoms with Crippen molar-refractivity contribution in [2.24, 2.45) is 26.8 Å². The summed E-state index contributed by atoms with van der Waals surface area (Å²) in [6.07, 6.45) is 14.7. The van der Waals surface area contributed by atoms with Crippen molar-refractivity contribution in [2.45, 2.75) is 200 Å². The molecule has 0 aliphatic carbocycles. The maximum absolute atomic E-state index is 14.1. The van der Waals surface area contributed by atoms with Crippen LogP contribution in [0.15, 0.2) is 161 Å². The van der Waals surface area contributed by atoms with Crippen LogP contribution < -0.4 is 54.9 Å². The number of aryl methyl sites for hydroxylation is 2. The maximum atomic E-state index is 14.1. The number of para-hydroxylation sites is 3. The second-order valence-corrected chi connectivity index (χ2v) is 43.0. The molecule has 0 fully saturated rings. The first-order chi connectivity index (χ1) is 61.2. The first-order valence-corrected chi connectivity index (χ1v) is 49.6. The van der Waals surface area contributed by atoms with Crippen LogP contribution in [0.5, 0.6) is 28.7 Å². The highest BCUT2D eigenvalue weighted by Gasteiger charge is 2.41. The minimum atomic E-state index is -3.60. The van der Waals surface area contributed by atoms with E-state index in [9.17, 15) is 56.7 Å². The fraction of sp³-hybridized carbons (Fsp3) is 0.388. The van der Waals surface area contributed by atoms with E-state index >= 15 is 0 Å². The second kappa shape index (κ2) is 42.6. The van der Waals surface area contributed by atoms with Crippen LogP contribution in [0.1, 0.15) is 184 Å². The highest BCUT2D eigenvalue weighted by atomic mass is 32.8. The first-order valence-electron chi connectivity index (χ1n) is 42.6. The average Bonchev–Trinajstić information content (AvgIpc) is 1.62. The molecule has 5 N–H and O–H groups in total. The molecule has 688 valence electrons. The average molecular weight is 1860 g/mol. The number of phenols is 1. The predicted molar refractivity (Wildman–Crippen MR) is 521 cm³/mol. The molecule has 0 bridgehead atoms. The minimum absolute atomic E-state index is 0. The maximum Gasteiger partial charge on any atom is 0.264 e. The number of anilines is 5. The Labute approximate surface area is 774 Å². The second-order valence-electron chi connectivity index (χ2n) is 34.4. The smallest absolute Gasteiger partial charge is 0.264 e. The number of phenolic OH excluding ortho intramolecular Hbond substituents is 1. The number of carbonyl (C=O) groups excluding carboxylic acids is 9. The fourth-order valence-corrected chi connectivity index (χ4v) is 17.3. The van der Waals surface area contributed by atoms with E-state index in [0.717, 1.165) is 57.6 Å². The molecule has 7 amide bonds. The van der Waals surface area contributed by atoms with Crippen LogP contribution in [-0.4, -0.2) is 158 Å². The summed E-state index contributed by atoms with van der Waals surface area (Å²) in [6, 6.07) is 42.4. The first kappa shape index (κ1) is 99.0. The molecular weight excluding hydrogens is 1750 g/mol. The lowest BCUT2D eigenvalue weighted by atomic mass is 9.99. The van der Waals surface area contributed by atoms with Gasteiger partial charge < -0.3 is 45.3 Å². The summed E-state index contributed by atoms with van der Waals surface area (Å²) in [5, 5.41) is 21.2. The van der Waals surface area contributed by atoms with Crippen molar-refractivity contribution in [3.05, 3.63) is 207 Å². The molecule has 9 atom stereocenters. The van der Waals surface area contributed by atoms with Gasteiger partial charge in [-0.2, -0.15) is 8.42 Å². The normalized spacial score (nSPS) is 16.7. The lowest BCUT2D eigenvalue weighted by molar-refractivity contribution is -0.129. The number of carbonyl (C=O) groups is 9. The molecule has 6 aliphatic rings. The Morgan fingerprint density at radius 2 is 0.877 bits per heavy atom. The Bertz CT molecular complexity index is 5990. The molecule has 0 radical (unpaired) electrons. The molecule has 14 rings (SSSR count). The van der Waals surface area contributed by atoms with E-state index in [-0.39, 0.29) is 164 Å². The largest absolute Gasteiger partial charge is 0.504 e. The van der Waals surface area contributed by atoms with E-state index in [2.05, 4.69) is 26.3 Å². The molecule has 8 aromatic carbocycles. The molecule has 0 spiro atoms. The number of hydrogen-bond acceptors (Lipinski definition) is 22. The summed E-state index contributed by atoms with van der Waals surface area (Å²) in [7, 11) is -1.17. The van der Waals surface area contributed by atoms with Crippen molar-refractivity contribution in [3.63, 3.8) is 0 Å². The summed E-state index contributed by atoms with van der Waals surface area (Å²) < 4.78 is 50.9. The molecule has 130 heavy (non-hydrogen) atoms. The highest BCUT2D eigenvalue weighted by molar-refractivity contribution is 8.29. The number of amides is 7. The molecule has 0 saturated carbocycles. The third kappa shape index (κ3) is 24.0. The SMILES string of the molecule is C.CCc1cc(COS(C)(=O)=O)cc(NC(=O)[C@H](C)CC(=O)[C@H](C)NC(=O)CCC(C)(C)S(C)=S)c1.COc1cc2c(cc1O)N=C[C@@H]1Cc3ccccc3N1C2=O.COc1cc2c(cc1OCc1cc(COc3cc4c(cc3C)C(=O)N3c5ccccc5C[C@H]3C=N4)cc(NC(=O)[C@H](C)CC(=O)[C@H](C)NC(=O)CCC(C)(C)S(C)=S)c1)N=C[C@@H]1Cc3ccccc3N1C2=O. The van der Waals surface area contributed by atoms with E-state index in [1.807, 2.05) is 156 Å². The highest BCUT2D eigenvalue weighted by Crippen LogP contribution is 2.45. The van der Waals surface area contributed by atoms with E-state index < -0.39 is 34.0 Å². The van der Waals surface area contributed by atoms with Gasteiger partial charge in [-0.1, -0.05) is 139 Å². The van der Waals surface area contributed by atoms with Gasteiger partial charge in [-0.25, -0.2) is 0 Å². The van der Waals surface area contributed by atoms with Crippen molar-refractivity contribution >= 4 is 168 Å². The number of hydrogen-bond donors (Lipinski definition) is 5. The van der Waals surface area contributed by atoms with Crippen LogP contribution in [0, 0.1) is 18.8 Å². The van der Waals surface area contributed by atoms with Crippen LogP contribution in [0.2, 0.25) is 0 Å². The molecule has 6 aliphatic heterocycles. The third-order valence-electron chi connectivity index (χ3n) is 23.8. The van der Waals surface area contributed by atoms with E-state index in [1.165, 1.54) is 20.3 Å². The standard InChI is InChI=1S/C56H58N6O8S2.C24H38N2O6S3.C17H14N2O3.CH4/c1-32-18-42-44(57-28-40-23-37-12-8-10-14-46(37)61(40)54(42)66)26-49(32)69-30-35-20-36(22-39(21-35)60-53(65)33(2)19-48(63)34(3)59-52(64)16-17-56(4,5)72(7)71)31-70-51-27-45-43(25-50(51)68-6)55(67)62-41(29-58-45)24-38-13-9-11-15-47(38)62;1-8-18-12-19(15-32-35(7,30)31)14-20(13-18)26-23(29)16(2)11-21(27)17(3)25-22(28)9-10-24(4,5)34(6)33;1-22-16-7-12-13(8-15(16)20)18-9-11-6-10-4-2-3-5-14(10)19(11)17(12)21;/h8-15,18,20-22,25-29,33-34,40-41H,16-17,19,23-24,30-31H2,1-7H3,(H,59,64)(H,60,65);12-14,16-17H,8-11,15H2,1-7H3,(H,25,28)(H,26,29);2-5,7-9,11,20H,6H2,1H3;1H4/t33-,34+,40+,41+,72?;16-,17+,34?;11-;/m110./s1. The zero-order valence-electron chi connectivity index (χ0n) is 75.0. The summed E-state index contributed by atoms with van der Waals surface area (Å²) in [5.41, 5.74) is 13.3. The van der Waals surface area contributed by atoms with Crippen molar-refractivity contribution in [1.29, 1.82) is 0 Å². The summed E-state index contributed by atoms with van der Waals surface area (Å²) in [4.78, 5) is 138. The minimum Gasteiger partial charge on any atom is -0.504 e. The lowest BCUT2D eigenvalue weighted by Gasteiger charge is -2.24. The quantitative estimate of drug-likeness (QED) is 0.0245. The Hall–Kier alpha value is -11.6. The van der Waals surface area contributed by atoms with Gasteiger partial charge in [0.15, 0.2) is 34.6 Å². The molecule has 0 aromatic heterocycles. The van der Waals surface area contributed by atoms with Crippen LogP contribution in [0.25, 0.3) is 0 Å². The van der Waals surface area contributed by atoms with Gasteiger partial charge in [0.25, 0.3) is 27.8 Å². The van der Waals surface area contributed by atoms with Gasteiger partial charge in [0.1, 0.15) is 19.0 Å². The number of benzene rings is 8. The topological polar surface area (TPSA) is 349 Å². The van der Waals surface area contributed by atoms with Crippen LogP contribution in [0.3, 0.4) is 0 Å². The van der Waals surface area contributed by atoms with Gasteiger partial charge in [0, 0.05) is 132 Å². The van der Waals surface area contributed by atoms with Gasteiger partial charge in [0.05, 0.1) is 91.0 Å². The van der Waals surface area contributed by atoms with Crippen LogP contribution in [-0.2, 0) is 130 Å². The third-order valence-corrected chi connectivity index (χ3v) is 30.6. The van der Waals surface area contributed by atoms with E-state index in [4.69, 9.17) is 55.5 Å². The van der Waals surface area contributed by atoms with Crippen molar-refractivity contribution in [3.8, 4) is 28.7 Å². The summed E-state index contributed by atoms with van der Waals surface area (Å²) in [6.45, 7) is 18.5. The van der Waals surface area contributed by atoms with Gasteiger partial charge in [-0.3, -0.25) is 77.0 Å². The molecule has 0 saturated heterocycles. The van der Waals surface area contributed by atoms with Crippen LogP contribution >= 0.6 is 0 Å². The van der Waals surface area contributed by atoms with Gasteiger partial charge >= 0.3 is 0 Å². The predicted octanol–water partition coefficient (Wildman–Crippen LogP) is 15.4. The van der Waals surface area contributed by atoms with Gasteiger partial charge in [0.2, 0.25) is 23.6 Å². The number of Topliss-reactive ketones (excluding diaryl/α,β-unsaturated/α-hetero) is 2. The Kier molecular flexibility index (Phi) is 32.4. The molecule has 27 nitrogen and oxygen atoms in total. The number of ether oxygens (including phenoxy) is 4. The Balaban J connectivity index is 0.000000231. The fourth-order valence-electron chi connectivity index (χ4n) is 15.7. The number of methoxy groups -OCH3 is 2. The zero-order chi connectivity index (χ0) is 93.3. The zero-order valence-corrected chi connectivity index (χ0v) is 79.1. The van der Waals surface area contributed by atoms with Gasteiger partial charge in [-0.05, 0) is 164 Å². The number of fused-ring (bicyclic) bond motifs is 12. The summed E-state index contributed by atoms with van der Waals surface area (Å²) in [5.74, 6) is -1.96. The van der Waals surface area contributed by atoms with Gasteiger partial charge in [-0.15, -0.1) is 18.9 Å². The van der Waals surface area contributed by atoms with Crippen molar-refractivity contribution in [2.75, 3.05) is 58.3 Å². The monoisotopic (exact) mass is 1860 g/mol. The lowest BCUT2D eigenvalue weighted by Crippen LogP contribution is -2.40. The van der Waals surface area contributed by atoms with E-state index in [1.54, 1.807) is 98.5 Å². The molecule has 32 heteroatoms. The molecule has 6 heterocycles. The number of nitrogens with one attached hydrogen (secondary N) is 4. The van der Waals surface area contributed by atoms with Crippen molar-refractivity contribution in [1.82, 2.24) is 10.6 Å². The molecule has 8 aromatic rings. The number of aromatic hydroxyl groups is 1. The van der Waals surface area contributed by atoms with Crippen LogP contribution in [0.4, 0.5) is 45.5 Å². The number of aliphatic imine (C=N–C) groups is 3. The number of ketones is 2.